The first-order chi connectivity index (χ1) is 13.1. The molecule has 1 aliphatic carbocycles. The van der Waals surface area contributed by atoms with Gasteiger partial charge < -0.3 is 25.2 Å². The molecule has 0 radical (unpaired) electrons. The van der Waals surface area contributed by atoms with Gasteiger partial charge in [0.05, 0.1) is 6.04 Å². The van der Waals surface area contributed by atoms with E-state index in [0.717, 1.165) is 5.75 Å². The van der Waals surface area contributed by atoms with E-state index < -0.39 is 6.10 Å². The highest BCUT2D eigenvalue weighted by Gasteiger charge is 2.40. The van der Waals surface area contributed by atoms with Gasteiger partial charge in [0.2, 0.25) is 0 Å². The molecule has 0 heterocycles. The molecular weight excluding hydrogens is 344 g/mol. The topological polar surface area (TPSA) is 85.0 Å². The van der Waals surface area contributed by atoms with Crippen molar-refractivity contribution < 1.29 is 19.4 Å². The zero-order valence-corrected chi connectivity index (χ0v) is 15.5. The van der Waals surface area contributed by atoms with E-state index in [1.165, 1.54) is 0 Å². The van der Waals surface area contributed by atoms with E-state index in [9.17, 15) is 9.90 Å². The number of ether oxygens (including phenoxy) is 2. The summed E-state index contributed by atoms with van der Waals surface area (Å²) >= 11 is 0. The van der Waals surface area contributed by atoms with E-state index in [-0.39, 0.29) is 18.1 Å². The summed E-state index contributed by atoms with van der Waals surface area (Å²) < 4.78 is 11.4. The predicted octanol–water partition coefficient (Wildman–Crippen LogP) is 2.07. The van der Waals surface area contributed by atoms with Crippen LogP contribution in [0.25, 0.3) is 0 Å². The first-order valence-corrected chi connectivity index (χ1v) is 9.20. The second-order valence-corrected chi connectivity index (χ2v) is 6.69. The zero-order chi connectivity index (χ0) is 19.2. The molecule has 1 saturated carbocycles. The molecule has 0 aliphatic heterocycles. The molecule has 1 aliphatic rings. The van der Waals surface area contributed by atoms with Crippen LogP contribution in [0.1, 0.15) is 23.2 Å². The Bertz CT molecular complexity index is 753. The smallest absolute Gasteiger partial charge is 0.254 e. The highest BCUT2D eigenvalue weighted by Crippen LogP contribution is 2.29. The van der Waals surface area contributed by atoms with Crippen molar-refractivity contribution in [2.24, 2.45) is 5.73 Å². The minimum absolute atomic E-state index is 0.155. The van der Waals surface area contributed by atoms with Crippen molar-refractivity contribution in [1.29, 1.82) is 0 Å². The van der Waals surface area contributed by atoms with E-state index in [0.29, 0.717) is 37.3 Å². The Morgan fingerprint density at radius 1 is 1.15 bits per heavy atom. The summed E-state index contributed by atoms with van der Waals surface area (Å²) in [5, 5.41) is 10.7. The van der Waals surface area contributed by atoms with Crippen molar-refractivity contribution in [3.05, 3.63) is 60.2 Å². The van der Waals surface area contributed by atoms with Gasteiger partial charge in [-0.15, -0.1) is 0 Å². The van der Waals surface area contributed by atoms with Crippen LogP contribution in [0.4, 0.5) is 0 Å². The maximum absolute atomic E-state index is 12.9. The van der Waals surface area contributed by atoms with Crippen LogP contribution in [-0.2, 0) is 0 Å². The van der Waals surface area contributed by atoms with Crippen molar-refractivity contribution in [1.82, 2.24) is 4.90 Å². The summed E-state index contributed by atoms with van der Waals surface area (Å²) in [6, 6.07) is 16.1. The minimum atomic E-state index is -0.740. The fraction of sp³-hybridized carbons (Fsp3) is 0.381. The number of rotatable bonds is 7. The summed E-state index contributed by atoms with van der Waals surface area (Å²) in [5.41, 5.74) is 5.97. The number of nitrogens with zero attached hydrogens (tertiary/aromatic N) is 1. The molecule has 3 N–H and O–H groups in total. The van der Waals surface area contributed by atoms with Crippen LogP contribution in [-0.4, -0.2) is 54.4 Å². The van der Waals surface area contributed by atoms with Crippen LogP contribution >= 0.6 is 0 Å². The van der Waals surface area contributed by atoms with Crippen LogP contribution < -0.4 is 15.2 Å². The van der Waals surface area contributed by atoms with Gasteiger partial charge in [0.1, 0.15) is 30.3 Å². The third-order valence-electron chi connectivity index (χ3n) is 4.84. The molecule has 1 amide bonds. The second-order valence-electron chi connectivity index (χ2n) is 6.69. The summed E-state index contributed by atoms with van der Waals surface area (Å²) in [7, 11) is 1.72. The van der Waals surface area contributed by atoms with Gasteiger partial charge in [-0.2, -0.15) is 0 Å². The molecule has 2 aromatic carbocycles. The van der Waals surface area contributed by atoms with Gasteiger partial charge in [0.15, 0.2) is 0 Å². The molecular formula is C21H26N2O4. The molecule has 6 heteroatoms. The average molecular weight is 370 g/mol. The van der Waals surface area contributed by atoms with Gasteiger partial charge in [-0.05, 0) is 43.2 Å². The number of likely N-dealkylation sites (N-methyl/N-ethyl adjacent to an activating group) is 1. The maximum Gasteiger partial charge on any atom is 0.254 e. The van der Waals surface area contributed by atoms with E-state index in [4.69, 9.17) is 15.2 Å². The largest absolute Gasteiger partial charge is 0.492 e. The number of amides is 1. The zero-order valence-electron chi connectivity index (χ0n) is 15.5. The molecule has 27 heavy (non-hydrogen) atoms. The molecule has 144 valence electrons. The van der Waals surface area contributed by atoms with Crippen molar-refractivity contribution in [2.45, 2.75) is 31.1 Å². The normalized spacial score (nSPS) is 21.7. The lowest BCUT2D eigenvalue weighted by molar-refractivity contribution is 0.0166. The summed E-state index contributed by atoms with van der Waals surface area (Å²) in [4.78, 5) is 14.5. The van der Waals surface area contributed by atoms with Crippen LogP contribution in [0.3, 0.4) is 0 Å². The van der Waals surface area contributed by atoms with Gasteiger partial charge in [0.25, 0.3) is 5.91 Å². The number of hydrogen-bond acceptors (Lipinski definition) is 5. The number of nitrogens with two attached hydrogens (primary N) is 1. The van der Waals surface area contributed by atoms with Crippen molar-refractivity contribution in [3.63, 3.8) is 0 Å². The Kier molecular flexibility index (Phi) is 6.32. The third-order valence-corrected chi connectivity index (χ3v) is 4.84. The van der Waals surface area contributed by atoms with E-state index >= 15 is 0 Å². The molecule has 6 nitrogen and oxygen atoms in total. The van der Waals surface area contributed by atoms with Crippen LogP contribution in [0.2, 0.25) is 0 Å². The molecule has 2 aromatic rings. The molecule has 1 fully saturated rings. The number of aliphatic hydroxyl groups is 1. The number of carbonyl (C=O) groups excluding carboxylic acids is 1. The lowest BCUT2D eigenvalue weighted by Crippen LogP contribution is -2.45. The van der Waals surface area contributed by atoms with Crippen molar-refractivity contribution in [2.75, 3.05) is 20.2 Å². The van der Waals surface area contributed by atoms with Gasteiger partial charge in [-0.1, -0.05) is 24.3 Å². The molecule has 0 spiro atoms. The summed E-state index contributed by atoms with van der Waals surface area (Å²) in [5.74, 6) is 1.18. The molecule has 3 rings (SSSR count). The Morgan fingerprint density at radius 2 is 1.89 bits per heavy atom. The van der Waals surface area contributed by atoms with Gasteiger partial charge in [0, 0.05) is 19.2 Å². The Morgan fingerprint density at radius 3 is 2.63 bits per heavy atom. The SMILES string of the molecule is CN(C(=O)c1cccc(OCCN)c1)[C@@H]1CC[C@@H](Oc2ccccc2)[C@@H]1O. The van der Waals surface area contributed by atoms with Gasteiger partial charge >= 0.3 is 0 Å². The molecule has 0 aromatic heterocycles. The summed E-state index contributed by atoms with van der Waals surface area (Å²) in [6.45, 7) is 0.808. The van der Waals surface area contributed by atoms with Crippen LogP contribution in [0.5, 0.6) is 11.5 Å². The Hall–Kier alpha value is -2.57. The fourth-order valence-electron chi connectivity index (χ4n) is 3.40. The first-order valence-electron chi connectivity index (χ1n) is 9.20. The minimum Gasteiger partial charge on any atom is -0.492 e. The van der Waals surface area contributed by atoms with Gasteiger partial charge in [-0.25, -0.2) is 0 Å². The van der Waals surface area contributed by atoms with Gasteiger partial charge in [-0.3, -0.25) is 4.79 Å². The van der Waals surface area contributed by atoms with E-state index in [1.54, 1.807) is 36.2 Å². The molecule has 3 atom stereocenters. The Balaban J connectivity index is 1.65. The lowest BCUT2D eigenvalue weighted by atomic mass is 10.1. The number of benzene rings is 2. The lowest BCUT2D eigenvalue weighted by Gasteiger charge is -2.29. The quantitative estimate of drug-likeness (QED) is 0.779. The van der Waals surface area contributed by atoms with Crippen LogP contribution in [0, 0.1) is 0 Å². The predicted molar refractivity (Wildman–Crippen MR) is 103 cm³/mol. The molecule has 0 unspecified atom stereocenters. The number of para-hydroxylation sites is 1. The van der Waals surface area contributed by atoms with Crippen molar-refractivity contribution in [3.8, 4) is 11.5 Å². The monoisotopic (exact) mass is 370 g/mol. The van der Waals surface area contributed by atoms with Crippen molar-refractivity contribution >= 4 is 5.91 Å². The third kappa shape index (κ3) is 4.59. The molecule has 0 saturated heterocycles. The first kappa shape index (κ1) is 19.2. The Labute approximate surface area is 159 Å². The number of hydrogen-bond donors (Lipinski definition) is 2. The highest BCUT2D eigenvalue weighted by molar-refractivity contribution is 5.94. The highest BCUT2D eigenvalue weighted by atomic mass is 16.5. The average Bonchev–Trinajstić information content (AvgIpc) is 3.06. The fourth-order valence-corrected chi connectivity index (χ4v) is 3.40. The standard InChI is InChI=1S/C21H26N2O4/c1-23(21(25)15-6-5-9-17(14-15)26-13-12-22)18-10-11-19(20(18)24)27-16-7-3-2-4-8-16/h2-9,14,18-20,24H,10-13,22H2,1H3/t18-,19-,20-/m1/s1. The molecule has 0 bridgehead atoms. The number of aliphatic hydroxyl groups excluding tert-OH is 1. The number of carbonyl (C=O) groups is 1. The van der Waals surface area contributed by atoms with Crippen LogP contribution in [0.15, 0.2) is 54.6 Å². The van der Waals surface area contributed by atoms with E-state index in [1.807, 2.05) is 30.3 Å². The summed E-state index contributed by atoms with van der Waals surface area (Å²) in [6.07, 6.45) is 0.310. The van der Waals surface area contributed by atoms with E-state index in [2.05, 4.69) is 0 Å². The maximum atomic E-state index is 12.9. The second kappa shape index (κ2) is 8.88.